The lowest BCUT2D eigenvalue weighted by Gasteiger charge is -2.21. The van der Waals surface area contributed by atoms with Crippen molar-refractivity contribution in [3.05, 3.63) is 59.2 Å². The number of nitrogens with zero attached hydrogens (tertiary/aromatic N) is 1. The third-order valence-corrected chi connectivity index (χ3v) is 5.90. The number of unbranched alkanes of at least 4 members (excludes halogenated alkanes) is 1. The van der Waals surface area contributed by atoms with Gasteiger partial charge < -0.3 is 19.7 Å². The maximum atomic E-state index is 13.2. The minimum Gasteiger partial charge on any atom is -0.493 e. The van der Waals surface area contributed by atoms with Crippen LogP contribution in [0.4, 0.5) is 0 Å². The molecule has 166 valence electrons. The monoisotopic (exact) mass is 424 g/mol. The van der Waals surface area contributed by atoms with Gasteiger partial charge in [-0.15, -0.1) is 0 Å². The molecule has 1 aliphatic rings. The Morgan fingerprint density at radius 2 is 1.81 bits per heavy atom. The van der Waals surface area contributed by atoms with Crippen LogP contribution in [0.15, 0.2) is 42.5 Å². The summed E-state index contributed by atoms with van der Waals surface area (Å²) >= 11 is 0. The fourth-order valence-corrected chi connectivity index (χ4v) is 4.15. The number of ether oxygens (including phenoxy) is 2. The van der Waals surface area contributed by atoms with Crippen LogP contribution >= 0.6 is 0 Å². The molecule has 2 atom stereocenters. The zero-order chi connectivity index (χ0) is 22.4. The van der Waals surface area contributed by atoms with Crippen molar-refractivity contribution in [1.29, 1.82) is 0 Å². The number of rotatable bonds is 8. The second-order valence-electron chi connectivity index (χ2n) is 8.02. The Hall–Kier alpha value is -3.02. The van der Waals surface area contributed by atoms with Crippen molar-refractivity contribution in [3.63, 3.8) is 0 Å². The lowest BCUT2D eigenvalue weighted by molar-refractivity contribution is -0.124. The maximum absolute atomic E-state index is 13.2. The van der Waals surface area contributed by atoms with E-state index < -0.39 is 0 Å². The van der Waals surface area contributed by atoms with Gasteiger partial charge >= 0.3 is 0 Å². The molecular weight excluding hydrogens is 392 g/mol. The molecule has 2 aromatic carbocycles. The van der Waals surface area contributed by atoms with Crippen LogP contribution in [0.3, 0.4) is 0 Å². The quantitative estimate of drug-likeness (QED) is 0.655. The van der Waals surface area contributed by atoms with E-state index in [1.165, 1.54) is 0 Å². The van der Waals surface area contributed by atoms with Crippen LogP contribution in [0.25, 0.3) is 0 Å². The van der Waals surface area contributed by atoms with Gasteiger partial charge in [-0.3, -0.25) is 9.59 Å². The Kier molecular flexibility index (Phi) is 7.55. The molecule has 3 rings (SSSR count). The first kappa shape index (κ1) is 22.7. The molecule has 2 aromatic rings. The zero-order valence-corrected chi connectivity index (χ0v) is 18.8. The number of para-hydroxylation sites is 1. The number of hydrogen-bond acceptors (Lipinski definition) is 4. The number of likely N-dealkylation sites (tertiary alicyclic amines) is 1. The highest BCUT2D eigenvalue weighted by Crippen LogP contribution is 2.42. The number of benzene rings is 2. The number of aryl methyl sites for hydroxylation is 1. The fraction of sp³-hybridized carbons (Fsp3) is 0.440. The average Bonchev–Trinajstić information content (AvgIpc) is 3.24. The molecule has 6 heteroatoms. The van der Waals surface area contributed by atoms with Crippen molar-refractivity contribution in [2.24, 2.45) is 5.92 Å². The highest BCUT2D eigenvalue weighted by atomic mass is 16.5. The minimum absolute atomic E-state index is 0.0254. The van der Waals surface area contributed by atoms with E-state index in [1.807, 2.05) is 49.4 Å². The predicted molar refractivity (Wildman–Crippen MR) is 121 cm³/mol. The van der Waals surface area contributed by atoms with Gasteiger partial charge in [0.05, 0.1) is 20.1 Å². The number of carbonyl (C=O) groups excluding carboxylic acids is 2. The van der Waals surface area contributed by atoms with Gasteiger partial charge in [0, 0.05) is 36.7 Å². The van der Waals surface area contributed by atoms with E-state index in [-0.39, 0.29) is 23.7 Å². The summed E-state index contributed by atoms with van der Waals surface area (Å²) in [5.74, 6) is 0.617. The molecule has 2 amide bonds. The number of amides is 2. The molecule has 0 aromatic heterocycles. The summed E-state index contributed by atoms with van der Waals surface area (Å²) in [6.07, 6.45) is 1.94. The van der Waals surface area contributed by atoms with Crippen molar-refractivity contribution in [2.45, 2.75) is 32.6 Å². The molecule has 0 radical (unpaired) electrons. The van der Waals surface area contributed by atoms with Gasteiger partial charge in [-0.05, 0) is 31.5 Å². The highest BCUT2D eigenvalue weighted by Gasteiger charge is 2.42. The third kappa shape index (κ3) is 5.01. The van der Waals surface area contributed by atoms with Crippen LogP contribution in [0.5, 0.6) is 11.5 Å². The van der Waals surface area contributed by atoms with Crippen molar-refractivity contribution >= 4 is 11.8 Å². The van der Waals surface area contributed by atoms with E-state index in [2.05, 4.69) is 12.2 Å². The molecule has 1 saturated heterocycles. The Morgan fingerprint density at radius 3 is 2.45 bits per heavy atom. The van der Waals surface area contributed by atoms with Crippen LogP contribution < -0.4 is 14.8 Å². The summed E-state index contributed by atoms with van der Waals surface area (Å²) in [5, 5.41) is 3.05. The van der Waals surface area contributed by atoms with Gasteiger partial charge in [-0.25, -0.2) is 0 Å². The summed E-state index contributed by atoms with van der Waals surface area (Å²) in [6.45, 7) is 5.54. The SMILES string of the molecule is CCCCNC(=O)[C@@H]1CN(C(=O)c2ccc(C)cc2)C[C@H]1c1cccc(OC)c1OC. The molecule has 1 aliphatic heterocycles. The van der Waals surface area contributed by atoms with E-state index in [0.29, 0.717) is 36.7 Å². The van der Waals surface area contributed by atoms with Crippen LogP contribution in [-0.4, -0.2) is 50.6 Å². The van der Waals surface area contributed by atoms with Crippen LogP contribution in [0, 0.1) is 12.8 Å². The smallest absolute Gasteiger partial charge is 0.253 e. The van der Waals surface area contributed by atoms with Crippen molar-refractivity contribution in [3.8, 4) is 11.5 Å². The average molecular weight is 425 g/mol. The largest absolute Gasteiger partial charge is 0.493 e. The molecule has 1 heterocycles. The molecule has 6 nitrogen and oxygen atoms in total. The standard InChI is InChI=1S/C25H32N2O4/c1-5-6-14-26-24(28)21-16-27(25(29)18-12-10-17(2)11-13-18)15-20(21)19-8-7-9-22(30-3)23(19)31-4/h7-13,20-21H,5-6,14-16H2,1-4H3,(H,26,28)/t20-,21+/m0/s1. The highest BCUT2D eigenvalue weighted by molar-refractivity contribution is 5.95. The van der Waals surface area contributed by atoms with Crippen LogP contribution in [-0.2, 0) is 4.79 Å². The third-order valence-electron chi connectivity index (χ3n) is 5.90. The summed E-state index contributed by atoms with van der Waals surface area (Å²) in [7, 11) is 3.19. The number of nitrogens with one attached hydrogen (secondary N) is 1. The predicted octanol–water partition coefficient (Wildman–Crippen LogP) is 3.78. The van der Waals surface area contributed by atoms with Crippen molar-refractivity contribution in [1.82, 2.24) is 10.2 Å². The molecule has 1 fully saturated rings. The maximum Gasteiger partial charge on any atom is 0.253 e. The Balaban J connectivity index is 1.91. The second-order valence-corrected chi connectivity index (χ2v) is 8.02. The first-order valence-electron chi connectivity index (χ1n) is 10.8. The Morgan fingerprint density at radius 1 is 1.06 bits per heavy atom. The molecule has 0 bridgehead atoms. The second kappa shape index (κ2) is 10.3. The summed E-state index contributed by atoms with van der Waals surface area (Å²) in [5.41, 5.74) is 2.62. The van der Waals surface area contributed by atoms with Gasteiger partial charge in [0.1, 0.15) is 0 Å². The lowest BCUT2D eigenvalue weighted by atomic mass is 9.87. The number of hydrogen-bond donors (Lipinski definition) is 1. The van der Waals surface area contributed by atoms with Crippen LogP contribution in [0.1, 0.15) is 47.2 Å². The number of carbonyl (C=O) groups is 2. The first-order valence-corrected chi connectivity index (χ1v) is 10.8. The molecule has 0 saturated carbocycles. The Bertz CT molecular complexity index is 910. The summed E-state index contributed by atoms with van der Waals surface area (Å²) in [4.78, 5) is 28.0. The zero-order valence-electron chi connectivity index (χ0n) is 18.8. The van der Waals surface area contributed by atoms with Crippen LogP contribution in [0.2, 0.25) is 0 Å². The fourth-order valence-electron chi connectivity index (χ4n) is 4.15. The van der Waals surface area contributed by atoms with E-state index in [1.54, 1.807) is 19.1 Å². The van der Waals surface area contributed by atoms with E-state index in [4.69, 9.17) is 9.47 Å². The van der Waals surface area contributed by atoms with Crippen molar-refractivity contribution < 1.29 is 19.1 Å². The normalized spacial score (nSPS) is 18.0. The topological polar surface area (TPSA) is 67.9 Å². The molecule has 0 unspecified atom stereocenters. The summed E-state index contributed by atoms with van der Waals surface area (Å²) < 4.78 is 11.1. The van der Waals surface area contributed by atoms with E-state index in [9.17, 15) is 9.59 Å². The van der Waals surface area contributed by atoms with Crippen molar-refractivity contribution in [2.75, 3.05) is 33.9 Å². The minimum atomic E-state index is -0.354. The van der Waals surface area contributed by atoms with Gasteiger partial charge in [-0.2, -0.15) is 0 Å². The van der Waals surface area contributed by atoms with E-state index >= 15 is 0 Å². The molecule has 0 spiro atoms. The van der Waals surface area contributed by atoms with Gasteiger partial charge in [0.25, 0.3) is 5.91 Å². The molecule has 0 aliphatic carbocycles. The molecule has 31 heavy (non-hydrogen) atoms. The van der Waals surface area contributed by atoms with E-state index in [0.717, 1.165) is 24.0 Å². The lowest BCUT2D eigenvalue weighted by Crippen LogP contribution is -2.36. The summed E-state index contributed by atoms with van der Waals surface area (Å²) in [6, 6.07) is 13.2. The molecule has 1 N–H and O–H groups in total. The Labute approximate surface area is 184 Å². The van der Waals surface area contributed by atoms with Gasteiger partial charge in [0.2, 0.25) is 5.91 Å². The molecular formula is C25H32N2O4. The first-order chi connectivity index (χ1) is 15.0. The van der Waals surface area contributed by atoms with Gasteiger partial charge in [-0.1, -0.05) is 43.2 Å². The van der Waals surface area contributed by atoms with Gasteiger partial charge in [0.15, 0.2) is 11.5 Å². The number of methoxy groups -OCH3 is 2.